The number of hydrogen-bond donors (Lipinski definition) is 3. The molecule has 2 aromatic heterocycles. The number of nitrogens with two attached hydrogens (primary N) is 1. The first-order valence-electron chi connectivity index (χ1n) is 9.97. The number of nitrogen functional groups attached to an aromatic ring is 1. The zero-order valence-corrected chi connectivity index (χ0v) is 17.6. The van der Waals surface area contributed by atoms with Gasteiger partial charge in [-0.1, -0.05) is 23.7 Å². The summed E-state index contributed by atoms with van der Waals surface area (Å²) in [6.45, 7) is -0.0318. The minimum absolute atomic E-state index is 0.0269. The van der Waals surface area contributed by atoms with Crippen molar-refractivity contribution in [3.05, 3.63) is 47.5 Å². The Morgan fingerprint density at radius 2 is 2.09 bits per heavy atom. The molecule has 4 atom stereocenters. The van der Waals surface area contributed by atoms with Crippen molar-refractivity contribution in [2.45, 2.75) is 24.5 Å². The molecule has 0 aliphatic carbocycles. The van der Waals surface area contributed by atoms with Crippen molar-refractivity contribution in [2.24, 2.45) is 5.92 Å². The Kier molecular flexibility index (Phi) is 5.13. The highest BCUT2D eigenvalue weighted by molar-refractivity contribution is 6.30. The molecule has 4 heterocycles. The summed E-state index contributed by atoms with van der Waals surface area (Å²) < 4.78 is 14.3. The third-order valence-corrected chi connectivity index (χ3v) is 6.31. The normalized spacial score (nSPS) is 27.2. The van der Waals surface area contributed by atoms with Crippen LogP contribution in [-0.2, 0) is 16.1 Å². The molecule has 11 nitrogen and oxygen atoms in total. The third-order valence-electron chi connectivity index (χ3n) is 6.06. The molecule has 4 N–H and O–H groups in total. The van der Waals surface area contributed by atoms with Crippen molar-refractivity contribution >= 4 is 34.7 Å². The number of aliphatic hydroxyl groups excluding tert-OH is 1. The van der Waals surface area contributed by atoms with Crippen LogP contribution in [0.4, 0.5) is 10.6 Å². The molecule has 0 unspecified atom stereocenters. The minimum Gasteiger partial charge on any atom is -0.465 e. The molecule has 0 spiro atoms. The van der Waals surface area contributed by atoms with Crippen molar-refractivity contribution in [3.8, 4) is 0 Å². The molecule has 168 valence electrons. The molecule has 12 heteroatoms. The van der Waals surface area contributed by atoms with Gasteiger partial charge in [-0.15, -0.1) is 0 Å². The zero-order valence-electron chi connectivity index (χ0n) is 16.8. The van der Waals surface area contributed by atoms with Crippen molar-refractivity contribution in [3.63, 3.8) is 0 Å². The van der Waals surface area contributed by atoms with E-state index in [1.165, 1.54) is 17.6 Å². The molecule has 2 bridgehead atoms. The Hall–Kier alpha value is -2.99. The van der Waals surface area contributed by atoms with Crippen LogP contribution in [0.25, 0.3) is 11.2 Å². The average Bonchev–Trinajstić information content (AvgIpc) is 3.28. The molecule has 2 fully saturated rings. The number of aliphatic hydroxyl groups is 1. The molecule has 2 aliphatic heterocycles. The van der Waals surface area contributed by atoms with E-state index in [1.807, 2.05) is 12.1 Å². The summed E-state index contributed by atoms with van der Waals surface area (Å²) in [5.74, 6) is -0.192. The van der Waals surface area contributed by atoms with Crippen LogP contribution < -0.4 is 5.73 Å². The standard InChI is InChI=1S/C20H21ClN6O5/c21-12-3-1-11(2-4-12)6-31-15-13-5-26(19(29)30)7-20(15,8-28)32-18(13)27-10-25-14-16(22)23-9-24-17(14)27/h1-4,9-10,13,15,18,28H,5-8H2,(H,29,30)(H2,22,23,24)/t13-,15+,18-,20-/m1/s1. The molecule has 3 aromatic rings. The van der Waals surface area contributed by atoms with Gasteiger partial charge in [-0.25, -0.2) is 19.7 Å². The van der Waals surface area contributed by atoms with Gasteiger partial charge in [0.25, 0.3) is 0 Å². The third kappa shape index (κ3) is 3.34. The monoisotopic (exact) mass is 460 g/mol. The van der Waals surface area contributed by atoms with E-state index in [9.17, 15) is 15.0 Å². The number of hydrogen-bond acceptors (Lipinski definition) is 8. The van der Waals surface area contributed by atoms with Crippen LogP contribution in [-0.4, -0.2) is 72.1 Å². The van der Waals surface area contributed by atoms with Crippen LogP contribution in [0.15, 0.2) is 36.9 Å². The van der Waals surface area contributed by atoms with Crippen molar-refractivity contribution in [2.75, 3.05) is 25.4 Å². The van der Waals surface area contributed by atoms with Gasteiger partial charge in [0.2, 0.25) is 0 Å². The van der Waals surface area contributed by atoms with Gasteiger partial charge < -0.3 is 30.3 Å². The number of imidazole rings is 1. The summed E-state index contributed by atoms with van der Waals surface area (Å²) >= 11 is 5.96. The number of piperidine rings is 1. The first kappa shape index (κ1) is 20.9. The maximum Gasteiger partial charge on any atom is 0.407 e. The number of ether oxygens (including phenoxy) is 2. The predicted molar refractivity (Wildman–Crippen MR) is 113 cm³/mol. The summed E-state index contributed by atoms with van der Waals surface area (Å²) in [5, 5.41) is 20.6. The molecular weight excluding hydrogens is 440 g/mol. The highest BCUT2D eigenvalue weighted by atomic mass is 35.5. The number of aromatic nitrogens is 4. The molecule has 0 saturated carbocycles. The number of carboxylic acid groups (broad SMARTS) is 1. The maximum absolute atomic E-state index is 11.8. The van der Waals surface area contributed by atoms with E-state index in [1.54, 1.807) is 16.7 Å². The van der Waals surface area contributed by atoms with E-state index in [-0.39, 0.29) is 25.5 Å². The zero-order chi connectivity index (χ0) is 22.5. The van der Waals surface area contributed by atoms with Gasteiger partial charge in [-0.2, -0.15) is 0 Å². The lowest BCUT2D eigenvalue weighted by atomic mass is 9.85. The first-order valence-corrected chi connectivity index (χ1v) is 10.4. The lowest BCUT2D eigenvalue weighted by Gasteiger charge is -2.41. The van der Waals surface area contributed by atoms with Gasteiger partial charge in [0.1, 0.15) is 23.7 Å². The molecule has 32 heavy (non-hydrogen) atoms. The summed E-state index contributed by atoms with van der Waals surface area (Å²) in [5.41, 5.74) is 6.45. The van der Waals surface area contributed by atoms with Gasteiger partial charge in [-0.3, -0.25) is 4.57 Å². The average molecular weight is 461 g/mol. The van der Waals surface area contributed by atoms with Gasteiger partial charge in [0, 0.05) is 11.6 Å². The van der Waals surface area contributed by atoms with E-state index in [2.05, 4.69) is 15.0 Å². The second-order valence-electron chi connectivity index (χ2n) is 8.00. The summed E-state index contributed by atoms with van der Waals surface area (Å²) in [6, 6.07) is 7.24. The van der Waals surface area contributed by atoms with Crippen LogP contribution in [0.2, 0.25) is 5.02 Å². The molecule has 2 saturated heterocycles. The lowest BCUT2D eigenvalue weighted by Crippen LogP contribution is -2.60. The van der Waals surface area contributed by atoms with Gasteiger partial charge >= 0.3 is 6.09 Å². The van der Waals surface area contributed by atoms with Crippen molar-refractivity contribution in [1.29, 1.82) is 0 Å². The number of likely N-dealkylation sites (tertiary alicyclic amines) is 1. The quantitative estimate of drug-likeness (QED) is 0.515. The molecule has 1 amide bonds. The Balaban J connectivity index is 1.51. The fraction of sp³-hybridized carbons (Fsp3) is 0.400. The van der Waals surface area contributed by atoms with E-state index in [0.717, 1.165) is 5.56 Å². The van der Waals surface area contributed by atoms with E-state index in [0.29, 0.717) is 16.2 Å². The Morgan fingerprint density at radius 1 is 1.31 bits per heavy atom. The number of amides is 1. The smallest absolute Gasteiger partial charge is 0.407 e. The van der Waals surface area contributed by atoms with Gasteiger partial charge in [0.15, 0.2) is 11.5 Å². The van der Waals surface area contributed by atoms with Crippen LogP contribution in [0.5, 0.6) is 0 Å². The fourth-order valence-corrected chi connectivity index (χ4v) is 4.70. The second-order valence-corrected chi connectivity index (χ2v) is 8.44. The molecule has 0 radical (unpaired) electrons. The summed E-state index contributed by atoms with van der Waals surface area (Å²) in [7, 11) is 0. The SMILES string of the molecule is Nc1ncnc2c1ncn2[C@@H]1O[C@@]2(CO)CN(C(=O)O)C[C@@H]1[C@@H]2OCc1ccc(Cl)cc1. The summed E-state index contributed by atoms with van der Waals surface area (Å²) in [6.07, 6.45) is 0.543. The lowest BCUT2D eigenvalue weighted by molar-refractivity contribution is -0.155. The molecule has 1 aromatic carbocycles. The van der Waals surface area contributed by atoms with Crippen LogP contribution >= 0.6 is 11.6 Å². The minimum atomic E-state index is -1.24. The predicted octanol–water partition coefficient (Wildman–Crippen LogP) is 1.52. The number of fused-ring (bicyclic) bond motifs is 3. The Bertz CT molecular complexity index is 1160. The fourth-order valence-electron chi connectivity index (χ4n) is 4.57. The van der Waals surface area contributed by atoms with Gasteiger partial charge in [0.05, 0.1) is 38.1 Å². The van der Waals surface area contributed by atoms with Gasteiger partial charge in [-0.05, 0) is 17.7 Å². The molecule has 5 rings (SSSR count). The highest BCUT2D eigenvalue weighted by Crippen LogP contribution is 2.48. The maximum atomic E-state index is 11.8. The Morgan fingerprint density at radius 3 is 2.81 bits per heavy atom. The summed E-state index contributed by atoms with van der Waals surface area (Å²) in [4.78, 5) is 25.5. The number of rotatable bonds is 5. The number of carbonyl (C=O) groups is 1. The number of halogens is 1. The molecular formula is C20H21ClN6O5. The number of nitrogens with zero attached hydrogens (tertiary/aromatic N) is 5. The topological polar surface area (TPSA) is 149 Å². The van der Waals surface area contributed by atoms with E-state index in [4.69, 9.17) is 26.8 Å². The van der Waals surface area contributed by atoms with E-state index < -0.39 is 36.6 Å². The largest absolute Gasteiger partial charge is 0.465 e. The number of benzene rings is 1. The first-order chi connectivity index (χ1) is 15.4. The van der Waals surface area contributed by atoms with E-state index >= 15 is 0 Å². The molecule has 2 aliphatic rings. The van der Waals surface area contributed by atoms with Crippen molar-refractivity contribution in [1.82, 2.24) is 24.4 Å². The van der Waals surface area contributed by atoms with Crippen molar-refractivity contribution < 1.29 is 24.5 Å². The second kappa shape index (κ2) is 7.85. The van der Waals surface area contributed by atoms with Crippen LogP contribution in [0, 0.1) is 5.92 Å². The number of anilines is 1. The highest BCUT2D eigenvalue weighted by Gasteiger charge is 2.61. The van der Waals surface area contributed by atoms with Crippen LogP contribution in [0.3, 0.4) is 0 Å². The van der Waals surface area contributed by atoms with Crippen LogP contribution in [0.1, 0.15) is 11.8 Å². The Labute approximate surface area is 187 Å².